The van der Waals surface area contributed by atoms with Crippen LogP contribution in [0, 0.1) is 5.41 Å². The van der Waals surface area contributed by atoms with Gasteiger partial charge in [0.05, 0.1) is 12.0 Å². The lowest BCUT2D eigenvalue weighted by molar-refractivity contribution is -0.132. The van der Waals surface area contributed by atoms with Crippen molar-refractivity contribution in [1.82, 2.24) is 4.90 Å². The Kier molecular flexibility index (Phi) is 5.23. The molecule has 0 radical (unpaired) electrons. The van der Waals surface area contributed by atoms with E-state index in [-0.39, 0.29) is 5.91 Å². The second-order valence-electron chi connectivity index (χ2n) is 5.83. The third kappa shape index (κ3) is 3.62. The second kappa shape index (κ2) is 6.92. The summed E-state index contributed by atoms with van der Waals surface area (Å²) in [6.45, 7) is 3.45. The minimum atomic E-state index is -0.575. The Morgan fingerprint density at radius 2 is 1.70 bits per heavy atom. The molecule has 2 fully saturated rings. The van der Waals surface area contributed by atoms with Crippen molar-refractivity contribution in [3.05, 3.63) is 0 Å². The Hall–Kier alpha value is -1.30. The van der Waals surface area contributed by atoms with Crippen molar-refractivity contribution >= 4 is 11.9 Å². The molecule has 0 atom stereocenters. The molecule has 0 aromatic rings. The molecular weight excluding hydrogens is 256 g/mol. The van der Waals surface area contributed by atoms with Gasteiger partial charge in [0.1, 0.15) is 0 Å². The molecule has 0 aliphatic carbocycles. The van der Waals surface area contributed by atoms with Crippen LogP contribution in [0.5, 0.6) is 0 Å². The fourth-order valence-corrected chi connectivity index (χ4v) is 2.88. The maximum absolute atomic E-state index is 11.8. The highest BCUT2D eigenvalue weighted by Gasteiger charge is 2.38. The van der Waals surface area contributed by atoms with Gasteiger partial charge < -0.3 is 21.1 Å². The zero-order chi connectivity index (χ0) is 14.4. The quantitative estimate of drug-likeness (QED) is 0.581. The number of likely N-dealkylation sites (tertiary alicyclic amines) is 1. The summed E-state index contributed by atoms with van der Waals surface area (Å²) in [4.78, 5) is 18.4. The first-order valence-electron chi connectivity index (χ1n) is 7.57. The van der Waals surface area contributed by atoms with Crippen LogP contribution in [0.4, 0.5) is 0 Å². The first-order valence-corrected chi connectivity index (χ1v) is 7.57. The van der Waals surface area contributed by atoms with Gasteiger partial charge in [-0.05, 0) is 25.7 Å². The molecule has 0 saturated carbocycles. The van der Waals surface area contributed by atoms with Crippen LogP contribution in [-0.4, -0.2) is 49.6 Å². The largest absolute Gasteiger partial charge is 0.381 e. The van der Waals surface area contributed by atoms with Crippen molar-refractivity contribution < 1.29 is 9.53 Å². The van der Waals surface area contributed by atoms with Crippen LogP contribution in [-0.2, 0) is 9.53 Å². The number of carbonyl (C=O) groups is 1. The topological polar surface area (TPSA) is 93.9 Å². The summed E-state index contributed by atoms with van der Waals surface area (Å²) in [5.41, 5.74) is 11.1. The first-order chi connectivity index (χ1) is 9.64. The molecule has 2 saturated heterocycles. The van der Waals surface area contributed by atoms with Crippen molar-refractivity contribution in [2.24, 2.45) is 21.9 Å². The summed E-state index contributed by atoms with van der Waals surface area (Å²) in [6, 6.07) is 0. The Morgan fingerprint density at radius 1 is 1.10 bits per heavy atom. The van der Waals surface area contributed by atoms with E-state index in [4.69, 9.17) is 16.2 Å². The van der Waals surface area contributed by atoms with E-state index in [1.165, 1.54) is 12.8 Å². The normalized spacial score (nSPS) is 24.2. The van der Waals surface area contributed by atoms with Crippen molar-refractivity contribution in [3.63, 3.8) is 0 Å². The molecule has 114 valence electrons. The Morgan fingerprint density at radius 3 is 2.25 bits per heavy atom. The molecule has 0 aromatic heterocycles. The molecule has 0 spiro atoms. The van der Waals surface area contributed by atoms with Gasteiger partial charge in [-0.1, -0.05) is 12.8 Å². The number of carbonyl (C=O) groups excluding carboxylic acids is 1. The molecule has 6 heteroatoms. The lowest BCUT2D eigenvalue weighted by Gasteiger charge is -2.33. The van der Waals surface area contributed by atoms with Gasteiger partial charge in [0, 0.05) is 26.3 Å². The first kappa shape index (κ1) is 15.1. The Balaban J connectivity index is 1.99. The number of rotatable bonds is 3. The van der Waals surface area contributed by atoms with Crippen LogP contribution in [0.2, 0.25) is 0 Å². The third-order valence-electron chi connectivity index (χ3n) is 4.45. The summed E-state index contributed by atoms with van der Waals surface area (Å²) in [6.07, 6.45) is 6.10. The molecular formula is C14H26N4O2. The number of amides is 1. The molecule has 0 bridgehead atoms. The van der Waals surface area contributed by atoms with Crippen LogP contribution >= 0.6 is 0 Å². The fraction of sp³-hybridized carbons (Fsp3) is 0.857. The van der Waals surface area contributed by atoms with Crippen LogP contribution < -0.4 is 11.5 Å². The third-order valence-corrected chi connectivity index (χ3v) is 4.45. The predicted molar refractivity (Wildman–Crippen MR) is 78.2 cm³/mol. The number of hydrogen-bond donors (Lipinski definition) is 2. The number of hydrogen-bond acceptors (Lipinski definition) is 3. The van der Waals surface area contributed by atoms with E-state index >= 15 is 0 Å². The van der Waals surface area contributed by atoms with Gasteiger partial charge in [-0.3, -0.25) is 9.79 Å². The van der Waals surface area contributed by atoms with E-state index < -0.39 is 5.41 Å². The lowest BCUT2D eigenvalue weighted by Crippen LogP contribution is -2.45. The highest BCUT2D eigenvalue weighted by Crippen LogP contribution is 2.30. The van der Waals surface area contributed by atoms with Crippen molar-refractivity contribution in [3.8, 4) is 0 Å². The standard InChI is InChI=1S/C14H26N4O2/c15-12(19)14(5-9-20-10-6-14)11-17-13(16)18-7-3-1-2-4-8-18/h1-11H2,(H2,15,19)(H2,16,17). The molecule has 0 unspecified atom stereocenters. The predicted octanol–water partition coefficient (Wildman–Crippen LogP) is 0.459. The number of nitrogens with zero attached hydrogens (tertiary/aromatic N) is 2. The molecule has 2 rings (SSSR count). The fourth-order valence-electron chi connectivity index (χ4n) is 2.88. The van der Waals surface area contributed by atoms with Gasteiger partial charge in [-0.15, -0.1) is 0 Å². The van der Waals surface area contributed by atoms with Crippen LogP contribution in [0.3, 0.4) is 0 Å². The minimum Gasteiger partial charge on any atom is -0.381 e. The maximum atomic E-state index is 11.8. The van der Waals surface area contributed by atoms with Crippen molar-refractivity contribution in [2.75, 3.05) is 32.8 Å². The molecule has 1 amide bonds. The Labute approximate surface area is 120 Å². The average Bonchev–Trinajstić information content (AvgIpc) is 2.74. The van der Waals surface area contributed by atoms with E-state index in [0.717, 1.165) is 25.9 Å². The number of ether oxygens (including phenoxy) is 1. The van der Waals surface area contributed by atoms with Gasteiger partial charge in [0.25, 0.3) is 0 Å². The van der Waals surface area contributed by atoms with E-state index in [9.17, 15) is 4.79 Å². The molecule has 2 aliphatic rings. The monoisotopic (exact) mass is 282 g/mol. The minimum absolute atomic E-state index is 0.284. The lowest BCUT2D eigenvalue weighted by atomic mass is 9.79. The number of aliphatic imine (C=N–C) groups is 1. The number of guanidine groups is 1. The second-order valence-corrected chi connectivity index (χ2v) is 5.83. The molecule has 0 aromatic carbocycles. The number of nitrogens with two attached hydrogens (primary N) is 2. The summed E-state index contributed by atoms with van der Waals surface area (Å²) in [5.74, 6) is 0.271. The van der Waals surface area contributed by atoms with E-state index in [2.05, 4.69) is 9.89 Å². The number of primary amides is 1. The van der Waals surface area contributed by atoms with Gasteiger partial charge in [0.2, 0.25) is 5.91 Å². The van der Waals surface area contributed by atoms with Crippen molar-refractivity contribution in [2.45, 2.75) is 38.5 Å². The molecule has 2 heterocycles. The Bertz CT molecular complexity index is 356. The molecule has 4 N–H and O–H groups in total. The SMILES string of the molecule is NC(=O)C1(CN=C(N)N2CCCCCC2)CCOCC1. The van der Waals surface area contributed by atoms with Crippen LogP contribution in [0.25, 0.3) is 0 Å². The maximum Gasteiger partial charge on any atom is 0.225 e. The highest BCUT2D eigenvalue weighted by atomic mass is 16.5. The van der Waals surface area contributed by atoms with E-state index in [1.807, 2.05) is 0 Å². The molecule has 20 heavy (non-hydrogen) atoms. The van der Waals surface area contributed by atoms with E-state index in [0.29, 0.717) is 38.6 Å². The summed E-state index contributed by atoms with van der Waals surface area (Å²) >= 11 is 0. The van der Waals surface area contributed by atoms with Crippen LogP contribution in [0.1, 0.15) is 38.5 Å². The van der Waals surface area contributed by atoms with Gasteiger partial charge >= 0.3 is 0 Å². The van der Waals surface area contributed by atoms with Crippen LogP contribution in [0.15, 0.2) is 4.99 Å². The van der Waals surface area contributed by atoms with Crippen molar-refractivity contribution in [1.29, 1.82) is 0 Å². The summed E-state index contributed by atoms with van der Waals surface area (Å²) < 4.78 is 5.32. The zero-order valence-corrected chi connectivity index (χ0v) is 12.1. The zero-order valence-electron chi connectivity index (χ0n) is 12.1. The van der Waals surface area contributed by atoms with Gasteiger partial charge in [-0.2, -0.15) is 0 Å². The van der Waals surface area contributed by atoms with Gasteiger partial charge in [-0.25, -0.2) is 0 Å². The molecule has 2 aliphatic heterocycles. The summed E-state index contributed by atoms with van der Waals surface area (Å²) in [5, 5.41) is 0. The average molecular weight is 282 g/mol. The highest BCUT2D eigenvalue weighted by molar-refractivity contribution is 5.82. The van der Waals surface area contributed by atoms with Gasteiger partial charge in [0.15, 0.2) is 5.96 Å². The molecule has 6 nitrogen and oxygen atoms in total. The smallest absolute Gasteiger partial charge is 0.225 e. The summed E-state index contributed by atoms with van der Waals surface area (Å²) in [7, 11) is 0. The van der Waals surface area contributed by atoms with E-state index in [1.54, 1.807) is 0 Å².